The number of aliphatic imine (C=N–C) groups is 1. The zero-order valence-corrected chi connectivity index (χ0v) is 19.0. The highest BCUT2D eigenvalue weighted by molar-refractivity contribution is 14.0. The van der Waals surface area contributed by atoms with E-state index in [0.717, 1.165) is 50.3 Å². The van der Waals surface area contributed by atoms with Crippen LogP contribution in [0, 0.1) is 17.8 Å². The summed E-state index contributed by atoms with van der Waals surface area (Å²) in [6.45, 7) is 6.89. The summed E-state index contributed by atoms with van der Waals surface area (Å²) in [7, 11) is 1.84. The molecule has 0 aromatic carbocycles. The number of carbonyl (C=O) groups is 2. The number of guanidine groups is 1. The molecule has 3 unspecified atom stereocenters. The van der Waals surface area contributed by atoms with Crippen LogP contribution in [0.4, 0.5) is 4.79 Å². The minimum absolute atomic E-state index is 0. The molecule has 1 saturated carbocycles. The Hall–Kier alpha value is -1.06. The first-order valence-electron chi connectivity index (χ1n) is 10.0. The predicted molar refractivity (Wildman–Crippen MR) is 117 cm³/mol. The normalized spacial score (nSPS) is 32.6. The van der Waals surface area contributed by atoms with Crippen molar-refractivity contribution in [2.24, 2.45) is 22.7 Å². The SMILES string of the molecule is CN=C(NCC1CCCC(C)C1)N1CCC(C2(C)NC(=O)NC2=O)CC1.I. The quantitative estimate of drug-likeness (QED) is 0.245. The van der Waals surface area contributed by atoms with E-state index in [-0.39, 0.29) is 41.8 Å². The third-order valence-electron chi connectivity index (χ3n) is 6.49. The van der Waals surface area contributed by atoms with Crippen LogP contribution in [0.2, 0.25) is 0 Å². The smallest absolute Gasteiger partial charge is 0.322 e. The number of piperidine rings is 1. The van der Waals surface area contributed by atoms with Crippen LogP contribution in [0.15, 0.2) is 4.99 Å². The molecule has 7 nitrogen and oxygen atoms in total. The molecule has 3 atom stereocenters. The van der Waals surface area contributed by atoms with E-state index in [1.165, 1.54) is 25.7 Å². The Morgan fingerprint density at radius 2 is 1.96 bits per heavy atom. The van der Waals surface area contributed by atoms with Crippen LogP contribution in [-0.2, 0) is 4.79 Å². The van der Waals surface area contributed by atoms with Gasteiger partial charge in [0, 0.05) is 26.7 Å². The molecule has 0 radical (unpaired) electrons. The molecular weight excluding hydrogens is 457 g/mol. The van der Waals surface area contributed by atoms with Crippen LogP contribution >= 0.6 is 24.0 Å². The topological polar surface area (TPSA) is 85.8 Å². The molecule has 0 spiro atoms. The Labute approximate surface area is 179 Å². The molecule has 154 valence electrons. The lowest BCUT2D eigenvalue weighted by Crippen LogP contribution is -2.55. The van der Waals surface area contributed by atoms with Crippen molar-refractivity contribution in [3.05, 3.63) is 0 Å². The first-order valence-corrected chi connectivity index (χ1v) is 10.0. The number of imide groups is 1. The number of urea groups is 1. The van der Waals surface area contributed by atoms with Crippen molar-refractivity contribution < 1.29 is 9.59 Å². The highest BCUT2D eigenvalue weighted by Gasteiger charge is 2.48. The van der Waals surface area contributed by atoms with Gasteiger partial charge in [-0.2, -0.15) is 0 Å². The molecule has 1 aliphatic carbocycles. The Balaban J connectivity index is 0.00000261. The lowest BCUT2D eigenvalue weighted by atomic mass is 9.79. The first-order chi connectivity index (χ1) is 12.4. The van der Waals surface area contributed by atoms with Crippen LogP contribution in [0.25, 0.3) is 0 Å². The molecule has 0 aromatic heterocycles. The van der Waals surface area contributed by atoms with E-state index in [2.05, 4.69) is 32.8 Å². The van der Waals surface area contributed by atoms with Gasteiger partial charge < -0.3 is 15.5 Å². The number of amides is 3. The second-order valence-corrected chi connectivity index (χ2v) is 8.44. The van der Waals surface area contributed by atoms with Crippen LogP contribution in [0.3, 0.4) is 0 Å². The molecule has 3 amide bonds. The van der Waals surface area contributed by atoms with Crippen LogP contribution in [0.5, 0.6) is 0 Å². The number of hydrogen-bond acceptors (Lipinski definition) is 3. The Bertz CT molecular complexity index is 576. The summed E-state index contributed by atoms with van der Waals surface area (Å²) in [5, 5.41) is 8.75. The minimum Gasteiger partial charge on any atom is -0.356 e. The number of carbonyl (C=O) groups excluding carboxylic acids is 2. The van der Waals surface area contributed by atoms with E-state index in [9.17, 15) is 9.59 Å². The molecule has 3 aliphatic rings. The minimum atomic E-state index is -0.779. The van der Waals surface area contributed by atoms with Crippen molar-refractivity contribution in [3.63, 3.8) is 0 Å². The number of likely N-dealkylation sites (tertiary alicyclic amines) is 1. The molecule has 3 fully saturated rings. The van der Waals surface area contributed by atoms with Gasteiger partial charge >= 0.3 is 6.03 Å². The molecule has 0 aromatic rings. The molecule has 3 N–H and O–H groups in total. The maximum absolute atomic E-state index is 12.1. The standard InChI is InChI=1S/C19H33N5O2.HI/c1-13-5-4-6-14(11-13)12-21-17(20-3)24-9-7-15(8-10-24)19(2)16(25)22-18(26)23-19;/h13-15H,4-12H2,1-3H3,(H,20,21)(H2,22,23,25,26);1H. The van der Waals surface area contributed by atoms with E-state index >= 15 is 0 Å². The highest BCUT2D eigenvalue weighted by Crippen LogP contribution is 2.31. The number of nitrogens with one attached hydrogen (secondary N) is 3. The molecule has 8 heteroatoms. The van der Waals surface area contributed by atoms with Crippen molar-refractivity contribution in [2.45, 2.75) is 57.9 Å². The summed E-state index contributed by atoms with van der Waals surface area (Å²) < 4.78 is 0. The summed E-state index contributed by atoms with van der Waals surface area (Å²) in [4.78, 5) is 30.4. The third-order valence-corrected chi connectivity index (χ3v) is 6.49. The van der Waals surface area contributed by atoms with Gasteiger partial charge in [-0.05, 0) is 50.4 Å². The van der Waals surface area contributed by atoms with Gasteiger partial charge in [0.1, 0.15) is 5.54 Å². The predicted octanol–water partition coefficient (Wildman–Crippen LogP) is 2.32. The fourth-order valence-corrected chi connectivity index (χ4v) is 4.83. The molecule has 0 bridgehead atoms. The lowest BCUT2D eigenvalue weighted by Gasteiger charge is -2.40. The number of rotatable bonds is 3. The van der Waals surface area contributed by atoms with Gasteiger partial charge in [-0.3, -0.25) is 15.1 Å². The molecule has 27 heavy (non-hydrogen) atoms. The van der Waals surface area contributed by atoms with Gasteiger partial charge in [0.15, 0.2) is 5.96 Å². The first kappa shape index (κ1) is 22.2. The van der Waals surface area contributed by atoms with Crippen LogP contribution in [-0.4, -0.2) is 55.0 Å². The van der Waals surface area contributed by atoms with Crippen LogP contribution < -0.4 is 16.0 Å². The Kier molecular flexibility index (Phi) is 7.76. The van der Waals surface area contributed by atoms with Gasteiger partial charge in [-0.1, -0.05) is 19.8 Å². The molecule has 2 aliphatic heterocycles. The van der Waals surface area contributed by atoms with E-state index in [1.54, 1.807) is 0 Å². The van der Waals surface area contributed by atoms with E-state index < -0.39 is 5.54 Å². The average molecular weight is 491 g/mol. The molecule has 2 heterocycles. The third kappa shape index (κ3) is 5.06. The zero-order chi connectivity index (χ0) is 18.7. The van der Waals surface area contributed by atoms with Crippen LogP contribution in [0.1, 0.15) is 52.4 Å². The summed E-state index contributed by atoms with van der Waals surface area (Å²) in [6, 6.07) is -0.376. The van der Waals surface area contributed by atoms with Gasteiger partial charge in [0.05, 0.1) is 0 Å². The Morgan fingerprint density at radius 1 is 1.26 bits per heavy atom. The van der Waals surface area contributed by atoms with E-state index in [0.29, 0.717) is 0 Å². The fraction of sp³-hybridized carbons (Fsp3) is 0.842. The number of nitrogens with zero attached hydrogens (tertiary/aromatic N) is 2. The average Bonchev–Trinajstić information content (AvgIpc) is 2.89. The van der Waals surface area contributed by atoms with Crippen molar-refractivity contribution in [1.29, 1.82) is 0 Å². The molecule has 3 rings (SSSR count). The summed E-state index contributed by atoms with van der Waals surface area (Å²) in [5.41, 5.74) is -0.779. The molecule has 2 saturated heterocycles. The van der Waals surface area contributed by atoms with Crippen molar-refractivity contribution in [2.75, 3.05) is 26.7 Å². The van der Waals surface area contributed by atoms with Crippen molar-refractivity contribution in [1.82, 2.24) is 20.9 Å². The van der Waals surface area contributed by atoms with Crippen molar-refractivity contribution >= 4 is 41.9 Å². The van der Waals surface area contributed by atoms with E-state index in [1.807, 2.05) is 14.0 Å². The number of hydrogen-bond donors (Lipinski definition) is 3. The van der Waals surface area contributed by atoms with E-state index in [4.69, 9.17) is 0 Å². The fourth-order valence-electron chi connectivity index (χ4n) is 4.83. The number of halogens is 1. The summed E-state index contributed by atoms with van der Waals surface area (Å²) in [6.07, 6.45) is 7.05. The van der Waals surface area contributed by atoms with Gasteiger partial charge in [-0.15, -0.1) is 24.0 Å². The second-order valence-electron chi connectivity index (χ2n) is 8.44. The Morgan fingerprint density at radius 3 is 2.52 bits per heavy atom. The maximum atomic E-state index is 12.1. The summed E-state index contributed by atoms with van der Waals surface area (Å²) >= 11 is 0. The monoisotopic (exact) mass is 491 g/mol. The maximum Gasteiger partial charge on any atom is 0.322 e. The highest BCUT2D eigenvalue weighted by atomic mass is 127. The second kappa shape index (κ2) is 9.43. The van der Waals surface area contributed by atoms with Gasteiger partial charge in [0.2, 0.25) is 0 Å². The van der Waals surface area contributed by atoms with Crippen molar-refractivity contribution in [3.8, 4) is 0 Å². The van der Waals surface area contributed by atoms with Gasteiger partial charge in [-0.25, -0.2) is 4.79 Å². The zero-order valence-electron chi connectivity index (χ0n) is 16.7. The summed E-state index contributed by atoms with van der Waals surface area (Å²) in [5.74, 6) is 2.50. The molecular formula is C19H34IN5O2. The van der Waals surface area contributed by atoms with Gasteiger partial charge in [0.25, 0.3) is 5.91 Å². The largest absolute Gasteiger partial charge is 0.356 e. The lowest BCUT2D eigenvalue weighted by molar-refractivity contribution is -0.125.